The molecule has 1 aromatic heterocycles. The summed E-state index contributed by atoms with van der Waals surface area (Å²) in [6.45, 7) is 6.46. The van der Waals surface area contributed by atoms with Crippen molar-refractivity contribution in [2.75, 3.05) is 36.7 Å². The van der Waals surface area contributed by atoms with Crippen molar-refractivity contribution < 1.29 is 18.7 Å². The number of likely N-dealkylation sites (tertiary alicyclic amines) is 1. The fourth-order valence-corrected chi connectivity index (χ4v) is 3.70. The zero-order chi connectivity index (χ0) is 22.9. The summed E-state index contributed by atoms with van der Waals surface area (Å²) in [7, 11) is 0. The Labute approximate surface area is 187 Å². The molecule has 0 aliphatic carbocycles. The van der Waals surface area contributed by atoms with Gasteiger partial charge in [-0.15, -0.1) is 0 Å². The first-order valence-corrected chi connectivity index (χ1v) is 10.8. The molecule has 1 aliphatic rings. The number of ether oxygens (including phenoxy) is 1. The van der Waals surface area contributed by atoms with E-state index < -0.39 is 5.82 Å². The molecule has 2 N–H and O–H groups in total. The van der Waals surface area contributed by atoms with Gasteiger partial charge in [0.1, 0.15) is 18.1 Å². The van der Waals surface area contributed by atoms with E-state index in [1.165, 1.54) is 6.07 Å². The molecule has 2 heterocycles. The molecular formula is C23H30FN5O3. The third kappa shape index (κ3) is 6.73. The number of halogens is 1. The molecule has 0 radical (unpaired) electrons. The van der Waals surface area contributed by atoms with Crippen LogP contribution in [0.5, 0.6) is 0 Å². The maximum Gasteiger partial charge on any atom is 0.246 e. The molecule has 2 aromatic rings. The van der Waals surface area contributed by atoms with E-state index >= 15 is 0 Å². The van der Waals surface area contributed by atoms with E-state index in [4.69, 9.17) is 4.74 Å². The molecule has 1 saturated heterocycles. The first-order chi connectivity index (χ1) is 15.5. The first kappa shape index (κ1) is 23.6. The Balaban J connectivity index is 1.64. The summed E-state index contributed by atoms with van der Waals surface area (Å²) in [4.78, 5) is 30.0. The number of nitrogens with one attached hydrogen (secondary N) is 2. The molecular weight excluding hydrogens is 413 g/mol. The lowest BCUT2D eigenvalue weighted by molar-refractivity contribution is -0.126. The van der Waals surface area contributed by atoms with Crippen LogP contribution in [0.3, 0.4) is 0 Å². The number of benzene rings is 1. The number of piperidine rings is 1. The van der Waals surface area contributed by atoms with Crippen LogP contribution in [-0.4, -0.2) is 54.5 Å². The first-order valence-electron chi connectivity index (χ1n) is 10.8. The molecule has 0 saturated carbocycles. The van der Waals surface area contributed by atoms with Crippen molar-refractivity contribution in [1.29, 1.82) is 0 Å². The fourth-order valence-electron chi connectivity index (χ4n) is 3.70. The van der Waals surface area contributed by atoms with Crippen LogP contribution in [0.15, 0.2) is 36.5 Å². The number of rotatable bonds is 10. The van der Waals surface area contributed by atoms with Gasteiger partial charge in [-0.05, 0) is 63.1 Å². The Morgan fingerprint density at radius 3 is 2.94 bits per heavy atom. The highest BCUT2D eigenvalue weighted by Gasteiger charge is 2.22. The van der Waals surface area contributed by atoms with E-state index in [2.05, 4.69) is 20.6 Å². The van der Waals surface area contributed by atoms with E-state index in [9.17, 15) is 14.0 Å². The highest BCUT2D eigenvalue weighted by Crippen LogP contribution is 2.23. The van der Waals surface area contributed by atoms with Crippen LogP contribution < -0.4 is 15.8 Å². The topological polar surface area (TPSA) is 86.8 Å². The van der Waals surface area contributed by atoms with Gasteiger partial charge in [0.05, 0.1) is 11.9 Å². The number of aromatic nitrogens is 1. The lowest BCUT2D eigenvalue weighted by atomic mass is 10.0. The zero-order valence-electron chi connectivity index (χ0n) is 18.5. The Hall–Kier alpha value is -3.04. The number of aryl methyl sites for hydroxylation is 1. The smallest absolute Gasteiger partial charge is 0.246 e. The molecule has 1 aliphatic heterocycles. The van der Waals surface area contributed by atoms with Gasteiger partial charge >= 0.3 is 0 Å². The maximum absolute atomic E-state index is 14.5. The van der Waals surface area contributed by atoms with Gasteiger partial charge in [0.15, 0.2) is 0 Å². The number of carbonyl (C=O) groups excluding carboxylic acids is 2. The largest absolute Gasteiger partial charge is 0.372 e. The normalized spacial score (nSPS) is 16.4. The molecule has 0 bridgehead atoms. The van der Waals surface area contributed by atoms with Crippen LogP contribution in [0.4, 0.5) is 15.8 Å². The molecule has 3 rings (SSSR count). The summed E-state index contributed by atoms with van der Waals surface area (Å²) < 4.78 is 19.7. The van der Waals surface area contributed by atoms with Crippen molar-refractivity contribution in [3.63, 3.8) is 0 Å². The monoisotopic (exact) mass is 443 g/mol. The third-order valence-corrected chi connectivity index (χ3v) is 5.25. The molecule has 2 amide bonds. The van der Waals surface area contributed by atoms with Crippen molar-refractivity contribution in [2.45, 2.75) is 39.3 Å². The number of amides is 2. The minimum Gasteiger partial charge on any atom is -0.372 e. The second-order valence-electron chi connectivity index (χ2n) is 7.84. The molecule has 9 heteroatoms. The number of pyridine rings is 1. The lowest BCUT2D eigenvalue weighted by Crippen LogP contribution is -2.48. The second-order valence-corrected chi connectivity index (χ2v) is 7.84. The van der Waals surface area contributed by atoms with Crippen molar-refractivity contribution in [1.82, 2.24) is 15.2 Å². The predicted molar refractivity (Wildman–Crippen MR) is 120 cm³/mol. The second kappa shape index (κ2) is 11.5. The van der Waals surface area contributed by atoms with Crippen LogP contribution in [-0.2, 0) is 20.9 Å². The standard InChI is InChI=1S/C23H30FN5O3/c1-3-32-15-23(31)26-20-5-4-10-28(14-20)13-18-7-9-21(24)22(11-18)29(16-30)27-19-8-6-17(2)25-12-19/h6-9,11-12,16,20,27H,3-5,10,13-15H2,1-2H3,(H,26,31)/t20-/m0/s1. The minimum absolute atomic E-state index is 0.0544. The maximum atomic E-state index is 14.5. The summed E-state index contributed by atoms with van der Waals surface area (Å²) in [6.07, 6.45) is 3.99. The zero-order valence-corrected chi connectivity index (χ0v) is 18.5. The van der Waals surface area contributed by atoms with E-state index in [0.29, 0.717) is 31.8 Å². The van der Waals surface area contributed by atoms with Crippen LogP contribution >= 0.6 is 0 Å². The molecule has 1 fully saturated rings. The number of hydrazine groups is 1. The molecule has 0 unspecified atom stereocenters. The number of hydrogen-bond acceptors (Lipinski definition) is 6. The predicted octanol–water partition coefficient (Wildman–Crippen LogP) is 2.64. The Morgan fingerprint density at radius 1 is 1.38 bits per heavy atom. The van der Waals surface area contributed by atoms with Crippen LogP contribution in [0.1, 0.15) is 31.0 Å². The molecule has 1 aromatic carbocycles. The van der Waals surface area contributed by atoms with Gasteiger partial charge in [0, 0.05) is 31.4 Å². The number of anilines is 2. The molecule has 172 valence electrons. The van der Waals surface area contributed by atoms with E-state index in [1.54, 1.807) is 30.5 Å². The fraction of sp³-hybridized carbons (Fsp3) is 0.435. The van der Waals surface area contributed by atoms with Gasteiger partial charge in [-0.3, -0.25) is 24.9 Å². The van der Waals surface area contributed by atoms with Gasteiger partial charge in [0.25, 0.3) is 0 Å². The SMILES string of the molecule is CCOCC(=O)N[C@H]1CCCN(Cc2ccc(F)c(N(C=O)Nc3ccc(C)nc3)c2)C1. The summed E-state index contributed by atoms with van der Waals surface area (Å²) in [5, 5.41) is 4.12. The van der Waals surface area contributed by atoms with Crippen molar-refractivity contribution in [3.8, 4) is 0 Å². The Bertz CT molecular complexity index is 909. The molecule has 32 heavy (non-hydrogen) atoms. The van der Waals surface area contributed by atoms with E-state index in [1.807, 2.05) is 13.8 Å². The number of carbonyl (C=O) groups is 2. The van der Waals surface area contributed by atoms with Crippen molar-refractivity contribution >= 4 is 23.7 Å². The number of hydrogen-bond donors (Lipinski definition) is 2. The van der Waals surface area contributed by atoms with Crippen LogP contribution in [0.25, 0.3) is 0 Å². The average molecular weight is 444 g/mol. The minimum atomic E-state index is -0.506. The van der Waals surface area contributed by atoms with Gasteiger partial charge in [-0.25, -0.2) is 9.40 Å². The van der Waals surface area contributed by atoms with Crippen molar-refractivity contribution in [2.24, 2.45) is 0 Å². The van der Waals surface area contributed by atoms with Gasteiger partial charge in [-0.1, -0.05) is 6.07 Å². The van der Waals surface area contributed by atoms with Gasteiger partial charge in [-0.2, -0.15) is 0 Å². The van der Waals surface area contributed by atoms with E-state index in [-0.39, 0.29) is 24.2 Å². The number of nitrogens with zero attached hydrogens (tertiary/aromatic N) is 3. The summed E-state index contributed by atoms with van der Waals surface area (Å²) in [5.41, 5.74) is 5.31. The van der Waals surface area contributed by atoms with Gasteiger partial charge < -0.3 is 10.1 Å². The Morgan fingerprint density at radius 2 is 2.22 bits per heavy atom. The summed E-state index contributed by atoms with van der Waals surface area (Å²) >= 11 is 0. The molecule has 1 atom stereocenters. The van der Waals surface area contributed by atoms with Gasteiger partial charge in [0.2, 0.25) is 12.3 Å². The quantitative estimate of drug-likeness (QED) is 0.434. The van der Waals surface area contributed by atoms with Crippen LogP contribution in [0, 0.1) is 12.7 Å². The highest BCUT2D eigenvalue weighted by atomic mass is 19.1. The summed E-state index contributed by atoms with van der Waals surface area (Å²) in [6, 6.07) is 8.37. The van der Waals surface area contributed by atoms with Crippen molar-refractivity contribution in [3.05, 3.63) is 53.6 Å². The van der Waals surface area contributed by atoms with Crippen LogP contribution in [0.2, 0.25) is 0 Å². The third-order valence-electron chi connectivity index (χ3n) is 5.25. The van der Waals surface area contributed by atoms with E-state index in [0.717, 1.165) is 35.7 Å². The molecule has 0 spiro atoms. The summed E-state index contributed by atoms with van der Waals surface area (Å²) in [5.74, 6) is -0.616. The Kier molecular flexibility index (Phi) is 8.52. The highest BCUT2D eigenvalue weighted by molar-refractivity contribution is 5.79. The average Bonchev–Trinajstić information content (AvgIpc) is 2.79. The molecule has 8 nitrogen and oxygen atoms in total. The lowest BCUT2D eigenvalue weighted by Gasteiger charge is -2.33.